The fraction of sp³-hybridized carbons (Fsp3) is 0.167. The van der Waals surface area contributed by atoms with Gasteiger partial charge >= 0.3 is 0 Å². The Labute approximate surface area is 77.3 Å². The van der Waals surface area contributed by atoms with Gasteiger partial charge in [-0.15, -0.1) is 0 Å². The van der Waals surface area contributed by atoms with Gasteiger partial charge in [-0.25, -0.2) is 0 Å². The first-order valence-electron chi connectivity index (χ1n) is 4.53. The summed E-state index contributed by atoms with van der Waals surface area (Å²) in [6.45, 7) is 0. The highest BCUT2D eigenvalue weighted by molar-refractivity contribution is 5.40. The molecule has 0 saturated carbocycles. The zero-order valence-electron chi connectivity index (χ0n) is 7.23. The summed E-state index contributed by atoms with van der Waals surface area (Å²) in [5.74, 6) is 1.02. The van der Waals surface area contributed by atoms with Gasteiger partial charge in [0.25, 0.3) is 0 Å². The van der Waals surface area contributed by atoms with Gasteiger partial charge in [0.2, 0.25) is 0 Å². The molecule has 0 spiro atoms. The number of allylic oxidation sites excluding steroid dienone is 1. The first-order valence-corrected chi connectivity index (χ1v) is 4.53. The van der Waals surface area contributed by atoms with E-state index in [2.05, 4.69) is 42.5 Å². The number of hydrogen-bond acceptors (Lipinski definition) is 1. The van der Waals surface area contributed by atoms with Crippen LogP contribution in [0.25, 0.3) is 0 Å². The molecule has 1 heteroatoms. The smallest absolute Gasteiger partial charge is 0.156 e. The molecule has 0 radical (unpaired) electrons. The number of rotatable bonds is 1. The molecule has 2 aliphatic rings. The van der Waals surface area contributed by atoms with Gasteiger partial charge in [0.1, 0.15) is 5.76 Å². The molecular weight excluding hydrogens is 160 g/mol. The van der Waals surface area contributed by atoms with Gasteiger partial charge in [0.15, 0.2) is 5.60 Å². The van der Waals surface area contributed by atoms with Crippen molar-refractivity contribution in [2.24, 2.45) is 0 Å². The predicted molar refractivity (Wildman–Crippen MR) is 51.0 cm³/mol. The van der Waals surface area contributed by atoms with E-state index in [0.29, 0.717) is 0 Å². The van der Waals surface area contributed by atoms with Gasteiger partial charge in [-0.2, -0.15) is 0 Å². The summed E-state index contributed by atoms with van der Waals surface area (Å²) in [5, 5.41) is 0. The van der Waals surface area contributed by atoms with E-state index in [4.69, 9.17) is 4.74 Å². The molecule has 0 amide bonds. The van der Waals surface area contributed by atoms with Crippen molar-refractivity contribution < 1.29 is 4.74 Å². The van der Waals surface area contributed by atoms with E-state index in [1.165, 1.54) is 5.56 Å². The highest BCUT2D eigenvalue weighted by Crippen LogP contribution is 2.44. The van der Waals surface area contributed by atoms with E-state index >= 15 is 0 Å². The fourth-order valence-electron chi connectivity index (χ4n) is 1.96. The van der Waals surface area contributed by atoms with Crippen molar-refractivity contribution in [3.63, 3.8) is 0 Å². The van der Waals surface area contributed by atoms with Crippen LogP contribution < -0.4 is 0 Å². The number of benzene rings is 1. The van der Waals surface area contributed by atoms with Gasteiger partial charge in [-0.3, -0.25) is 0 Å². The number of ether oxygens (including phenoxy) is 1. The van der Waals surface area contributed by atoms with Crippen molar-refractivity contribution in [3.05, 3.63) is 59.9 Å². The Morgan fingerprint density at radius 1 is 1.15 bits per heavy atom. The average Bonchev–Trinajstić information content (AvgIpc) is 2.80. The molecule has 2 bridgehead atoms. The zero-order chi connectivity index (χ0) is 8.73. The average molecular weight is 170 g/mol. The Hall–Kier alpha value is -1.50. The molecular formula is C12H10O. The largest absolute Gasteiger partial charge is 0.478 e. The van der Waals surface area contributed by atoms with Crippen LogP contribution in [0.2, 0.25) is 0 Å². The summed E-state index contributed by atoms with van der Waals surface area (Å²) in [7, 11) is 0. The maximum atomic E-state index is 5.80. The SMILES string of the molecule is C1=CC2(c3ccccc3)CC=C1O2. The topological polar surface area (TPSA) is 9.23 Å². The lowest BCUT2D eigenvalue weighted by Gasteiger charge is -2.22. The molecule has 1 unspecified atom stereocenters. The maximum Gasteiger partial charge on any atom is 0.156 e. The van der Waals surface area contributed by atoms with E-state index < -0.39 is 0 Å². The third kappa shape index (κ3) is 0.872. The Morgan fingerprint density at radius 3 is 2.54 bits per heavy atom. The van der Waals surface area contributed by atoms with Crippen molar-refractivity contribution in [2.75, 3.05) is 0 Å². The monoisotopic (exact) mass is 170 g/mol. The van der Waals surface area contributed by atoms with E-state index in [-0.39, 0.29) is 5.60 Å². The first kappa shape index (κ1) is 6.96. The Kier molecular flexibility index (Phi) is 1.21. The van der Waals surface area contributed by atoms with Crippen molar-refractivity contribution in [1.82, 2.24) is 0 Å². The lowest BCUT2D eigenvalue weighted by Crippen LogP contribution is -2.19. The Bertz CT molecular complexity index is 389. The Morgan fingerprint density at radius 2 is 2.00 bits per heavy atom. The summed E-state index contributed by atoms with van der Waals surface area (Å²) < 4.78 is 5.80. The van der Waals surface area contributed by atoms with Crippen LogP contribution in [0.3, 0.4) is 0 Å². The molecule has 2 heterocycles. The third-order valence-corrected chi connectivity index (χ3v) is 2.69. The lowest BCUT2D eigenvalue weighted by molar-refractivity contribution is 0.0916. The second-order valence-corrected chi connectivity index (χ2v) is 3.50. The summed E-state index contributed by atoms with van der Waals surface area (Å²) >= 11 is 0. The molecule has 0 N–H and O–H groups in total. The summed E-state index contributed by atoms with van der Waals surface area (Å²) in [6, 6.07) is 10.4. The van der Waals surface area contributed by atoms with Crippen LogP contribution in [-0.4, -0.2) is 0 Å². The van der Waals surface area contributed by atoms with Gasteiger partial charge in [0.05, 0.1) is 0 Å². The molecule has 1 aromatic carbocycles. The van der Waals surface area contributed by atoms with E-state index in [9.17, 15) is 0 Å². The van der Waals surface area contributed by atoms with Crippen molar-refractivity contribution in [1.29, 1.82) is 0 Å². The van der Waals surface area contributed by atoms with Gasteiger partial charge in [-0.1, -0.05) is 30.3 Å². The minimum absolute atomic E-state index is 0.170. The van der Waals surface area contributed by atoms with E-state index in [1.54, 1.807) is 0 Å². The second-order valence-electron chi connectivity index (χ2n) is 3.50. The molecule has 1 aromatic rings. The predicted octanol–water partition coefficient (Wildman–Crippen LogP) is 2.76. The minimum Gasteiger partial charge on any atom is -0.478 e. The van der Waals surface area contributed by atoms with Crippen molar-refractivity contribution in [3.8, 4) is 0 Å². The first-order chi connectivity index (χ1) is 6.39. The minimum atomic E-state index is -0.170. The van der Waals surface area contributed by atoms with Crippen LogP contribution >= 0.6 is 0 Å². The van der Waals surface area contributed by atoms with Crippen LogP contribution in [0.15, 0.2) is 54.3 Å². The van der Waals surface area contributed by atoms with Crippen LogP contribution in [0, 0.1) is 0 Å². The zero-order valence-corrected chi connectivity index (χ0v) is 7.23. The number of fused-ring (bicyclic) bond motifs is 2. The van der Waals surface area contributed by atoms with E-state index in [0.717, 1.165) is 12.2 Å². The van der Waals surface area contributed by atoms with Gasteiger partial charge < -0.3 is 4.74 Å². The standard InChI is InChI=1S/C12H10O/c1-2-4-10(5-3-1)12-8-6-11(13-12)7-9-12/h1-8H,9H2. The van der Waals surface area contributed by atoms with Crippen LogP contribution in [0.4, 0.5) is 0 Å². The summed E-state index contributed by atoms with van der Waals surface area (Å²) in [6.07, 6.45) is 7.32. The highest BCUT2D eigenvalue weighted by atomic mass is 16.5. The molecule has 0 fully saturated rings. The maximum absolute atomic E-state index is 5.80. The molecule has 64 valence electrons. The lowest BCUT2D eigenvalue weighted by atomic mass is 9.90. The quantitative estimate of drug-likeness (QED) is 0.629. The normalized spacial score (nSPS) is 28.8. The summed E-state index contributed by atoms with van der Waals surface area (Å²) in [5.41, 5.74) is 1.08. The van der Waals surface area contributed by atoms with Crippen LogP contribution in [0.1, 0.15) is 12.0 Å². The van der Waals surface area contributed by atoms with Gasteiger partial charge in [0, 0.05) is 6.42 Å². The molecule has 2 aliphatic heterocycles. The Balaban J connectivity index is 2.08. The number of hydrogen-bond donors (Lipinski definition) is 0. The second kappa shape index (κ2) is 2.25. The molecule has 1 atom stereocenters. The fourth-order valence-corrected chi connectivity index (χ4v) is 1.96. The van der Waals surface area contributed by atoms with Crippen LogP contribution in [0.5, 0.6) is 0 Å². The molecule has 0 saturated heterocycles. The van der Waals surface area contributed by atoms with Crippen molar-refractivity contribution in [2.45, 2.75) is 12.0 Å². The van der Waals surface area contributed by atoms with Crippen molar-refractivity contribution >= 4 is 0 Å². The molecule has 0 aromatic heterocycles. The van der Waals surface area contributed by atoms with E-state index in [1.807, 2.05) is 6.07 Å². The van der Waals surface area contributed by atoms with Gasteiger partial charge in [-0.05, 0) is 23.8 Å². The van der Waals surface area contributed by atoms with Crippen LogP contribution in [-0.2, 0) is 10.3 Å². The third-order valence-electron chi connectivity index (χ3n) is 2.69. The summed E-state index contributed by atoms with van der Waals surface area (Å²) in [4.78, 5) is 0. The highest BCUT2D eigenvalue weighted by Gasteiger charge is 2.39. The molecule has 1 nitrogen and oxygen atoms in total. The molecule has 3 rings (SSSR count). The molecule has 13 heavy (non-hydrogen) atoms. The molecule has 0 aliphatic carbocycles.